The maximum absolute atomic E-state index is 11.2. The Kier molecular flexibility index (Phi) is 12.2. The molecule has 1 unspecified atom stereocenters. The third kappa shape index (κ3) is 7.50. The summed E-state index contributed by atoms with van der Waals surface area (Å²) in [5.74, 6) is 0. The molecule has 0 spiro atoms. The molecule has 5 fully saturated rings. The molecule has 0 saturated carbocycles. The summed E-state index contributed by atoms with van der Waals surface area (Å²) in [6.45, 7) is -2.37. The molecule has 5 rings (SSSR count). The van der Waals surface area contributed by atoms with E-state index in [1.165, 1.54) is 0 Å². The third-order valence-electron chi connectivity index (χ3n) is 8.47. The quantitative estimate of drug-likeness (QED) is 0.108. The van der Waals surface area contributed by atoms with E-state index in [9.17, 15) is 61.3 Å². The van der Waals surface area contributed by atoms with Crippen molar-refractivity contribution >= 4 is 0 Å². The Balaban J connectivity index is 1.25. The highest BCUT2D eigenvalue weighted by Crippen LogP contribution is 2.32. The molecule has 0 aromatic heterocycles. The third-order valence-corrected chi connectivity index (χ3v) is 8.47. The van der Waals surface area contributed by atoms with Crippen molar-refractivity contribution in [3.05, 3.63) is 0 Å². The Morgan fingerprint density at radius 1 is 0.435 bits per heavy atom. The van der Waals surface area contributed by atoms with Crippen LogP contribution in [0.2, 0.25) is 0 Å². The summed E-state index contributed by atoms with van der Waals surface area (Å²) in [7, 11) is 0. The van der Waals surface area contributed by atoms with E-state index >= 15 is 0 Å². The lowest BCUT2D eigenvalue weighted by molar-refractivity contribution is -0.368. The molecule has 46 heavy (non-hydrogen) atoms. The second-order valence-corrected chi connectivity index (χ2v) is 11.7. The van der Waals surface area contributed by atoms with Crippen LogP contribution in [0.25, 0.3) is 0 Å². The van der Waals surface area contributed by atoms with Gasteiger partial charge in [-0.1, -0.05) is 0 Å². The highest BCUT2D eigenvalue weighted by molar-refractivity contribution is 4.94. The van der Waals surface area contributed by atoms with Gasteiger partial charge in [0.15, 0.2) is 31.5 Å². The van der Waals surface area contributed by atoms with Gasteiger partial charge in [-0.05, 0) is 0 Å². The van der Waals surface area contributed by atoms with Crippen LogP contribution in [0.15, 0.2) is 0 Å². The van der Waals surface area contributed by atoms with Crippen LogP contribution in [0.3, 0.4) is 0 Å². The van der Waals surface area contributed by atoms with E-state index in [-0.39, 0.29) is 6.61 Å². The van der Waals surface area contributed by atoms with Gasteiger partial charge in [0.25, 0.3) is 0 Å². The van der Waals surface area contributed by atoms with Gasteiger partial charge in [-0.15, -0.1) is 0 Å². The van der Waals surface area contributed by atoms with Gasteiger partial charge in [0, 0.05) is 0 Å². The molecule has 21 nitrogen and oxygen atoms in total. The lowest BCUT2D eigenvalue weighted by Gasteiger charge is -2.45. The molecule has 0 amide bonds. The van der Waals surface area contributed by atoms with Crippen LogP contribution in [0.1, 0.15) is 0 Å². The highest BCUT2D eigenvalue weighted by Gasteiger charge is 2.52. The van der Waals surface area contributed by atoms with Crippen molar-refractivity contribution in [3.63, 3.8) is 0 Å². The van der Waals surface area contributed by atoms with Crippen molar-refractivity contribution in [2.45, 2.75) is 123 Å². The van der Waals surface area contributed by atoms with Crippen molar-refractivity contribution in [3.8, 4) is 0 Å². The molecule has 0 aliphatic carbocycles. The minimum absolute atomic E-state index is 0.373. The maximum Gasteiger partial charge on any atom is 0.187 e. The summed E-state index contributed by atoms with van der Waals surface area (Å²) in [6, 6.07) is 0. The van der Waals surface area contributed by atoms with E-state index in [1.54, 1.807) is 0 Å². The van der Waals surface area contributed by atoms with Crippen molar-refractivity contribution < 1.29 is 104 Å². The Hall–Kier alpha value is -0.840. The molecule has 5 aliphatic heterocycles. The summed E-state index contributed by atoms with van der Waals surface area (Å²) in [4.78, 5) is 0. The minimum atomic E-state index is -1.82. The molecule has 20 atom stereocenters. The summed E-state index contributed by atoms with van der Waals surface area (Å²) in [5.41, 5.74) is 0. The summed E-state index contributed by atoms with van der Waals surface area (Å²) >= 11 is 0. The number of rotatable bonds is 9. The normalized spacial score (nSPS) is 53.7. The van der Waals surface area contributed by atoms with Gasteiger partial charge in [-0.25, -0.2) is 0 Å². The van der Waals surface area contributed by atoms with Crippen LogP contribution in [-0.4, -0.2) is 217 Å². The first-order valence-electron chi connectivity index (χ1n) is 14.7. The van der Waals surface area contributed by atoms with Crippen molar-refractivity contribution in [2.24, 2.45) is 0 Å². The largest absolute Gasteiger partial charge is 0.394 e. The average molecular weight is 679 g/mol. The van der Waals surface area contributed by atoms with Gasteiger partial charge in [-0.2, -0.15) is 0 Å². The van der Waals surface area contributed by atoms with Crippen molar-refractivity contribution in [2.75, 3.05) is 33.0 Å². The fourth-order valence-electron chi connectivity index (χ4n) is 5.62. The number of hydrogen-bond donors (Lipinski definition) is 12. The number of hydrogen-bond acceptors (Lipinski definition) is 21. The van der Waals surface area contributed by atoms with Gasteiger partial charge in [0.05, 0.1) is 33.0 Å². The van der Waals surface area contributed by atoms with E-state index in [1.807, 2.05) is 0 Å². The van der Waals surface area contributed by atoms with Gasteiger partial charge in [0.2, 0.25) is 0 Å². The van der Waals surface area contributed by atoms with Gasteiger partial charge >= 0.3 is 0 Å². The predicted molar refractivity (Wildman–Crippen MR) is 136 cm³/mol. The number of aliphatic hydroxyl groups is 12. The first-order valence-corrected chi connectivity index (χ1v) is 14.7. The van der Waals surface area contributed by atoms with Gasteiger partial charge in [-0.3, -0.25) is 0 Å². The van der Waals surface area contributed by atoms with Crippen molar-refractivity contribution in [1.29, 1.82) is 0 Å². The van der Waals surface area contributed by atoms with E-state index in [4.69, 9.17) is 42.6 Å². The molecule has 12 N–H and O–H groups in total. The van der Waals surface area contributed by atoms with E-state index in [2.05, 4.69) is 0 Å². The second-order valence-electron chi connectivity index (χ2n) is 11.7. The first-order chi connectivity index (χ1) is 21.8. The van der Waals surface area contributed by atoms with Crippen LogP contribution in [0.5, 0.6) is 0 Å². The van der Waals surface area contributed by atoms with E-state index < -0.39 is 149 Å². The number of ether oxygens (including phenoxy) is 9. The zero-order chi connectivity index (χ0) is 33.4. The standard InChI is InChI=1S/C25H42O21/c26-1-7-12(29)18(35)25(42-7)46-20-10(5-41-24(19(20)36)44-8-3-38-21(37)15(32)13(8)30)45-23-17(34)14(31)9(4-40-23)43-22-16(33)11(28)6(27)2-39-22/h6-37H,1-5H2/t6-,7+,8-,9-,10-,11+,12+,13+,14+,15-,16-,17-,18-,19-,20+,21?,22+,23+,24+,25+/m1/s1. The SMILES string of the molecule is OC[C@@H]1O[C@@H](O[C@@H]2[C@@H](O)[C@H](O[C@@H]3COC(O)[C@H](O)[C@H]3O)OC[C@H]2O[C@@H]2OC[C@@H](O[C@@H]3OC[C@@H](O)[C@H](O)[C@H]3O)[C@H](O)[C@H]2O)[C@H](O)[C@H]1O. The van der Waals surface area contributed by atoms with E-state index in [0.717, 1.165) is 0 Å². The molecule has 5 aliphatic rings. The first kappa shape index (κ1) is 36.4. The fraction of sp³-hybridized carbons (Fsp3) is 1.00. The lowest BCUT2D eigenvalue weighted by Crippen LogP contribution is -2.63. The van der Waals surface area contributed by atoms with Crippen LogP contribution in [-0.2, 0) is 42.6 Å². The minimum Gasteiger partial charge on any atom is -0.394 e. The van der Waals surface area contributed by atoms with Gasteiger partial charge in [0.1, 0.15) is 91.6 Å². The lowest BCUT2D eigenvalue weighted by atomic mass is 10.0. The van der Waals surface area contributed by atoms with Gasteiger partial charge < -0.3 is 104 Å². The second kappa shape index (κ2) is 15.4. The summed E-state index contributed by atoms with van der Waals surface area (Å²) < 4.78 is 49.2. The zero-order valence-electron chi connectivity index (χ0n) is 24.1. The molecule has 5 saturated heterocycles. The van der Waals surface area contributed by atoms with Crippen LogP contribution < -0.4 is 0 Å². The molecule has 0 bridgehead atoms. The summed E-state index contributed by atoms with van der Waals surface area (Å²) in [5, 5.41) is 122. The Morgan fingerprint density at radius 2 is 0.913 bits per heavy atom. The molecular formula is C25H42O21. The van der Waals surface area contributed by atoms with Crippen molar-refractivity contribution in [1.82, 2.24) is 0 Å². The Morgan fingerprint density at radius 3 is 1.52 bits per heavy atom. The van der Waals surface area contributed by atoms with Crippen LogP contribution >= 0.6 is 0 Å². The fourth-order valence-corrected chi connectivity index (χ4v) is 5.62. The smallest absolute Gasteiger partial charge is 0.187 e. The maximum atomic E-state index is 11.2. The Labute approximate surface area is 260 Å². The van der Waals surface area contributed by atoms with Crippen LogP contribution in [0.4, 0.5) is 0 Å². The molecule has 21 heteroatoms. The highest BCUT2D eigenvalue weighted by atomic mass is 16.8. The topological polar surface area (TPSA) is 326 Å². The van der Waals surface area contributed by atoms with E-state index in [0.29, 0.717) is 0 Å². The Bertz CT molecular complexity index is 965. The monoisotopic (exact) mass is 678 g/mol. The molecule has 5 heterocycles. The predicted octanol–water partition coefficient (Wildman–Crippen LogP) is -8.73. The van der Waals surface area contributed by atoms with Crippen LogP contribution in [0, 0.1) is 0 Å². The molecule has 0 aromatic rings. The molecule has 0 radical (unpaired) electrons. The molecular weight excluding hydrogens is 636 g/mol. The molecule has 0 aromatic carbocycles. The average Bonchev–Trinajstić information content (AvgIpc) is 3.31. The zero-order valence-corrected chi connectivity index (χ0v) is 24.1. The summed E-state index contributed by atoms with van der Waals surface area (Å²) in [6.07, 6.45) is -31.4. The molecule has 268 valence electrons. The number of aliphatic hydroxyl groups excluding tert-OH is 12.